The second-order valence-corrected chi connectivity index (χ2v) is 3.99. The zero-order valence-electron chi connectivity index (χ0n) is 9.41. The Balaban J connectivity index is 2.18. The van der Waals surface area contributed by atoms with Crippen LogP contribution in [0.3, 0.4) is 0 Å². The van der Waals surface area contributed by atoms with Gasteiger partial charge in [0.1, 0.15) is 5.92 Å². The first-order valence-corrected chi connectivity index (χ1v) is 5.52. The second kappa shape index (κ2) is 4.53. The fraction of sp³-hybridized carbons (Fsp3) is 0.417. The van der Waals surface area contributed by atoms with Crippen LogP contribution >= 0.6 is 0 Å². The quantitative estimate of drug-likeness (QED) is 0.451. The van der Waals surface area contributed by atoms with E-state index in [2.05, 4.69) is 0 Å². The number of ether oxygens (including phenoxy) is 1. The first-order chi connectivity index (χ1) is 8.16. The number of esters is 1. The van der Waals surface area contributed by atoms with Gasteiger partial charge in [-0.3, -0.25) is 14.9 Å². The van der Waals surface area contributed by atoms with E-state index in [1.807, 2.05) is 18.2 Å². The van der Waals surface area contributed by atoms with E-state index in [1.165, 1.54) is 0 Å². The minimum atomic E-state index is -0.837. The predicted octanol–water partition coefficient (Wildman–Crippen LogP) is 1.61. The van der Waals surface area contributed by atoms with Gasteiger partial charge in [0.05, 0.1) is 12.5 Å². The number of rotatable bonds is 4. The van der Waals surface area contributed by atoms with Crippen LogP contribution in [0.25, 0.3) is 0 Å². The molecule has 1 aliphatic rings. The predicted molar refractivity (Wildman–Crippen MR) is 60.1 cm³/mol. The number of hydrogen-bond donors (Lipinski definition) is 0. The van der Waals surface area contributed by atoms with E-state index in [9.17, 15) is 14.9 Å². The molecule has 0 radical (unpaired) electrons. The molecule has 3 atom stereocenters. The fourth-order valence-corrected chi connectivity index (χ4v) is 2.16. The van der Waals surface area contributed by atoms with Gasteiger partial charge in [-0.15, -0.1) is 0 Å². The molecule has 5 heteroatoms. The van der Waals surface area contributed by atoms with Crippen LogP contribution in [-0.4, -0.2) is 23.5 Å². The van der Waals surface area contributed by atoms with E-state index in [0.29, 0.717) is 0 Å². The molecule has 1 aromatic rings. The summed E-state index contributed by atoms with van der Waals surface area (Å²) in [5, 5.41) is 10.9. The summed E-state index contributed by atoms with van der Waals surface area (Å²) in [7, 11) is 0. The van der Waals surface area contributed by atoms with Crippen LogP contribution in [-0.2, 0) is 9.53 Å². The summed E-state index contributed by atoms with van der Waals surface area (Å²) in [6.45, 7) is 1.94. The summed E-state index contributed by atoms with van der Waals surface area (Å²) in [4.78, 5) is 22.0. The molecular formula is C12H13NO4. The van der Waals surface area contributed by atoms with Crippen LogP contribution in [0.5, 0.6) is 0 Å². The standard InChI is InChI=1S/C12H13NO4/c1-2-17-12(14)10-9(11(10)13(15)16)8-6-4-3-5-7-8/h3-7,9-11H,2H2,1H3/t9-,10+,11+/m1/s1. The molecule has 0 aromatic heterocycles. The number of hydrogen-bond acceptors (Lipinski definition) is 4. The normalized spacial score (nSPS) is 26.3. The zero-order valence-corrected chi connectivity index (χ0v) is 9.41. The molecule has 0 spiro atoms. The Bertz CT molecular complexity index is 431. The third-order valence-electron chi connectivity index (χ3n) is 2.97. The van der Waals surface area contributed by atoms with E-state index < -0.39 is 17.9 Å². The van der Waals surface area contributed by atoms with Crippen molar-refractivity contribution >= 4 is 5.97 Å². The molecule has 2 rings (SSSR count). The second-order valence-electron chi connectivity index (χ2n) is 3.99. The Morgan fingerprint density at radius 2 is 2.06 bits per heavy atom. The first kappa shape index (κ1) is 11.6. The van der Waals surface area contributed by atoms with Crippen molar-refractivity contribution in [3.05, 3.63) is 46.0 Å². The summed E-state index contributed by atoms with van der Waals surface area (Å²) in [6.07, 6.45) is 0. The number of carbonyl (C=O) groups excluding carboxylic acids is 1. The molecule has 1 aliphatic carbocycles. The third-order valence-corrected chi connectivity index (χ3v) is 2.97. The highest BCUT2D eigenvalue weighted by Gasteiger charge is 2.66. The van der Waals surface area contributed by atoms with Crippen molar-refractivity contribution in [1.29, 1.82) is 0 Å². The highest BCUT2D eigenvalue weighted by atomic mass is 16.6. The Morgan fingerprint density at radius 1 is 1.41 bits per heavy atom. The van der Waals surface area contributed by atoms with Crippen molar-refractivity contribution in [2.24, 2.45) is 5.92 Å². The summed E-state index contributed by atoms with van der Waals surface area (Å²) in [6, 6.07) is 8.24. The monoisotopic (exact) mass is 235 g/mol. The molecule has 0 saturated heterocycles. The average molecular weight is 235 g/mol. The van der Waals surface area contributed by atoms with Crippen LogP contribution in [0.1, 0.15) is 18.4 Å². The van der Waals surface area contributed by atoms with Gasteiger partial charge in [0.2, 0.25) is 6.04 Å². The molecule has 1 aromatic carbocycles. The molecule has 0 aliphatic heterocycles. The van der Waals surface area contributed by atoms with Crippen molar-refractivity contribution in [3.8, 4) is 0 Å². The molecule has 0 unspecified atom stereocenters. The minimum absolute atomic E-state index is 0.251. The number of nitrogens with zero attached hydrogens (tertiary/aromatic N) is 1. The van der Waals surface area contributed by atoms with Crippen LogP contribution < -0.4 is 0 Å². The largest absolute Gasteiger partial charge is 0.466 e. The molecule has 5 nitrogen and oxygen atoms in total. The number of carbonyl (C=O) groups is 1. The molecule has 1 saturated carbocycles. The molecule has 0 heterocycles. The van der Waals surface area contributed by atoms with Gasteiger partial charge in [0, 0.05) is 4.92 Å². The topological polar surface area (TPSA) is 69.4 Å². The highest BCUT2D eigenvalue weighted by Crippen LogP contribution is 2.50. The van der Waals surface area contributed by atoms with E-state index in [-0.39, 0.29) is 17.4 Å². The zero-order chi connectivity index (χ0) is 12.4. The Hall–Kier alpha value is -1.91. The lowest BCUT2D eigenvalue weighted by Gasteiger charge is -1.98. The minimum Gasteiger partial charge on any atom is -0.466 e. The van der Waals surface area contributed by atoms with Gasteiger partial charge in [-0.05, 0) is 12.5 Å². The average Bonchev–Trinajstić information content (AvgIpc) is 3.06. The van der Waals surface area contributed by atoms with Gasteiger partial charge in [0.25, 0.3) is 0 Å². The lowest BCUT2D eigenvalue weighted by atomic mass is 10.1. The lowest BCUT2D eigenvalue weighted by molar-refractivity contribution is -0.498. The maximum atomic E-state index is 11.6. The molecule has 1 fully saturated rings. The molecule has 17 heavy (non-hydrogen) atoms. The van der Waals surface area contributed by atoms with Gasteiger partial charge in [-0.1, -0.05) is 30.3 Å². The van der Waals surface area contributed by atoms with E-state index in [1.54, 1.807) is 19.1 Å². The molecule has 90 valence electrons. The van der Waals surface area contributed by atoms with Crippen LogP contribution in [0, 0.1) is 16.0 Å². The molecule has 0 amide bonds. The van der Waals surface area contributed by atoms with Crippen molar-refractivity contribution in [3.63, 3.8) is 0 Å². The summed E-state index contributed by atoms with van der Waals surface area (Å²) < 4.78 is 4.85. The first-order valence-electron chi connectivity index (χ1n) is 5.52. The maximum absolute atomic E-state index is 11.6. The van der Waals surface area contributed by atoms with Crippen molar-refractivity contribution in [2.75, 3.05) is 6.61 Å². The van der Waals surface area contributed by atoms with Crippen molar-refractivity contribution in [2.45, 2.75) is 18.9 Å². The molecular weight excluding hydrogens is 222 g/mol. The summed E-state index contributed by atoms with van der Waals surface area (Å²) in [5.41, 5.74) is 0.826. The number of nitro groups is 1. The van der Waals surface area contributed by atoms with Gasteiger partial charge in [-0.2, -0.15) is 0 Å². The molecule has 0 bridgehead atoms. The van der Waals surface area contributed by atoms with Crippen LogP contribution in [0.15, 0.2) is 30.3 Å². The van der Waals surface area contributed by atoms with E-state index in [4.69, 9.17) is 4.74 Å². The Morgan fingerprint density at radius 3 is 2.59 bits per heavy atom. The van der Waals surface area contributed by atoms with Gasteiger partial charge in [-0.25, -0.2) is 0 Å². The van der Waals surface area contributed by atoms with Gasteiger partial charge < -0.3 is 4.74 Å². The maximum Gasteiger partial charge on any atom is 0.316 e. The van der Waals surface area contributed by atoms with Gasteiger partial charge in [0.15, 0.2) is 0 Å². The third kappa shape index (κ3) is 2.13. The smallest absolute Gasteiger partial charge is 0.316 e. The highest BCUT2D eigenvalue weighted by molar-refractivity contribution is 5.79. The Labute approximate surface area is 98.5 Å². The summed E-state index contributed by atoms with van der Waals surface area (Å²) >= 11 is 0. The lowest BCUT2D eigenvalue weighted by Crippen LogP contribution is -2.13. The van der Waals surface area contributed by atoms with Crippen molar-refractivity contribution < 1.29 is 14.5 Å². The van der Waals surface area contributed by atoms with Gasteiger partial charge >= 0.3 is 5.97 Å². The Kier molecular flexibility index (Phi) is 3.08. The van der Waals surface area contributed by atoms with Crippen LogP contribution in [0.2, 0.25) is 0 Å². The number of benzene rings is 1. The van der Waals surface area contributed by atoms with Crippen molar-refractivity contribution in [1.82, 2.24) is 0 Å². The molecule has 0 N–H and O–H groups in total. The fourth-order valence-electron chi connectivity index (χ4n) is 2.16. The SMILES string of the molecule is CCOC(=O)[C@H]1[C@@H](c2ccccc2)[C@@H]1[N+](=O)[O-]. The van der Waals surface area contributed by atoms with E-state index in [0.717, 1.165) is 5.56 Å². The van der Waals surface area contributed by atoms with Crippen LogP contribution in [0.4, 0.5) is 0 Å². The van der Waals surface area contributed by atoms with E-state index >= 15 is 0 Å². The summed E-state index contributed by atoms with van der Waals surface area (Å²) in [5.74, 6) is -1.44.